The van der Waals surface area contributed by atoms with Crippen LogP contribution in [-0.2, 0) is 16.0 Å². The minimum absolute atomic E-state index is 0.0874. The summed E-state index contributed by atoms with van der Waals surface area (Å²) in [6, 6.07) is 8.89. The maximum absolute atomic E-state index is 12.1. The van der Waals surface area contributed by atoms with Gasteiger partial charge in [0.15, 0.2) is 5.78 Å². The lowest BCUT2D eigenvalue weighted by molar-refractivity contribution is -0.127. The molecule has 4 nitrogen and oxygen atoms in total. The third kappa shape index (κ3) is 4.05. The molecule has 1 aromatic rings. The van der Waals surface area contributed by atoms with Gasteiger partial charge in [-0.1, -0.05) is 30.3 Å². The Hall–Kier alpha value is -1.39. The van der Waals surface area contributed by atoms with Crippen molar-refractivity contribution in [2.75, 3.05) is 12.4 Å². The van der Waals surface area contributed by atoms with E-state index in [1.807, 2.05) is 30.3 Å². The molecular formula is C15H19ClN2O2. The summed E-state index contributed by atoms with van der Waals surface area (Å²) >= 11 is 5.64. The van der Waals surface area contributed by atoms with Crippen LogP contribution in [0.3, 0.4) is 0 Å². The van der Waals surface area contributed by atoms with Crippen molar-refractivity contribution in [2.24, 2.45) is 0 Å². The van der Waals surface area contributed by atoms with Gasteiger partial charge in [-0.05, 0) is 31.4 Å². The Bertz CT molecular complexity index is 458. The lowest BCUT2D eigenvalue weighted by Crippen LogP contribution is -2.49. The number of halogens is 1. The standard InChI is InChI=1S/C15H19ClN2O2/c16-10-14(19)13(9-11-5-2-1-3-6-11)18-15(20)12-7-4-8-17-12/h1-3,5-6,12-13,17H,4,7-10H2,(H,18,20)/t12-,13-/m0/s1. The molecule has 1 saturated heterocycles. The monoisotopic (exact) mass is 294 g/mol. The van der Waals surface area contributed by atoms with Gasteiger partial charge >= 0.3 is 0 Å². The zero-order chi connectivity index (χ0) is 14.4. The highest BCUT2D eigenvalue weighted by Crippen LogP contribution is 2.08. The maximum atomic E-state index is 12.1. The Morgan fingerprint density at radius 1 is 1.35 bits per heavy atom. The van der Waals surface area contributed by atoms with Gasteiger partial charge in [-0.2, -0.15) is 0 Å². The van der Waals surface area contributed by atoms with Crippen molar-refractivity contribution < 1.29 is 9.59 Å². The smallest absolute Gasteiger partial charge is 0.237 e. The fourth-order valence-corrected chi connectivity index (χ4v) is 2.56. The highest BCUT2D eigenvalue weighted by molar-refractivity contribution is 6.28. The van der Waals surface area contributed by atoms with Gasteiger partial charge in [0.05, 0.1) is 18.0 Å². The van der Waals surface area contributed by atoms with E-state index >= 15 is 0 Å². The molecule has 0 radical (unpaired) electrons. The molecule has 1 aliphatic rings. The number of ketones is 1. The van der Waals surface area contributed by atoms with Crippen molar-refractivity contribution in [1.82, 2.24) is 10.6 Å². The predicted octanol–water partition coefficient (Wildman–Crippen LogP) is 1.27. The Morgan fingerprint density at radius 2 is 2.10 bits per heavy atom. The largest absolute Gasteiger partial charge is 0.345 e. The van der Waals surface area contributed by atoms with Crippen LogP contribution in [0.15, 0.2) is 30.3 Å². The van der Waals surface area contributed by atoms with E-state index in [-0.39, 0.29) is 23.6 Å². The molecule has 0 aromatic heterocycles. The molecule has 1 amide bonds. The van der Waals surface area contributed by atoms with Crippen molar-refractivity contribution in [2.45, 2.75) is 31.3 Å². The lowest BCUT2D eigenvalue weighted by atomic mass is 10.0. The Morgan fingerprint density at radius 3 is 2.70 bits per heavy atom. The second-order valence-electron chi connectivity index (χ2n) is 5.00. The Kier molecular flexibility index (Phi) is 5.56. The van der Waals surface area contributed by atoms with Gasteiger partial charge in [0.1, 0.15) is 0 Å². The van der Waals surface area contributed by atoms with Gasteiger partial charge < -0.3 is 10.6 Å². The summed E-state index contributed by atoms with van der Waals surface area (Å²) in [5.41, 5.74) is 1.01. The number of carbonyl (C=O) groups excluding carboxylic acids is 2. The Balaban J connectivity index is 2.00. The highest BCUT2D eigenvalue weighted by atomic mass is 35.5. The molecule has 0 saturated carbocycles. The third-order valence-corrected chi connectivity index (χ3v) is 3.76. The molecule has 0 unspecified atom stereocenters. The van der Waals surface area contributed by atoms with Crippen molar-refractivity contribution in [3.05, 3.63) is 35.9 Å². The first-order valence-corrected chi connectivity index (χ1v) is 7.40. The fourth-order valence-electron chi connectivity index (χ4n) is 2.37. The molecule has 1 heterocycles. The summed E-state index contributed by atoms with van der Waals surface area (Å²) in [5.74, 6) is -0.348. The summed E-state index contributed by atoms with van der Waals surface area (Å²) in [6.07, 6.45) is 2.29. The molecule has 2 rings (SSSR count). The molecule has 108 valence electrons. The van der Waals surface area contributed by atoms with Crippen LogP contribution < -0.4 is 10.6 Å². The summed E-state index contributed by atoms with van der Waals surface area (Å²) in [6.45, 7) is 0.852. The number of amides is 1. The first-order chi connectivity index (χ1) is 9.70. The van der Waals surface area contributed by atoms with Crippen LogP contribution in [0.5, 0.6) is 0 Å². The van der Waals surface area contributed by atoms with E-state index in [4.69, 9.17) is 11.6 Å². The number of alkyl halides is 1. The summed E-state index contributed by atoms with van der Waals surface area (Å²) in [5, 5.41) is 5.95. The van der Waals surface area contributed by atoms with Gasteiger partial charge in [-0.15, -0.1) is 11.6 Å². The number of Topliss-reactive ketones (excluding diaryl/α,β-unsaturated/α-hetero) is 1. The molecule has 0 aliphatic carbocycles. The quantitative estimate of drug-likeness (QED) is 0.777. The normalized spacial score (nSPS) is 19.6. The number of benzene rings is 1. The molecule has 20 heavy (non-hydrogen) atoms. The van der Waals surface area contributed by atoms with E-state index in [9.17, 15) is 9.59 Å². The molecule has 0 bridgehead atoms. The zero-order valence-electron chi connectivity index (χ0n) is 11.3. The minimum atomic E-state index is -0.551. The molecule has 2 atom stereocenters. The first kappa shape index (κ1) is 15.0. The van der Waals surface area contributed by atoms with Crippen LogP contribution in [0, 0.1) is 0 Å². The molecule has 2 N–H and O–H groups in total. The van der Waals surface area contributed by atoms with Gasteiger partial charge in [-0.25, -0.2) is 0 Å². The second kappa shape index (κ2) is 7.41. The van der Waals surface area contributed by atoms with Gasteiger partial charge in [-0.3, -0.25) is 9.59 Å². The summed E-state index contributed by atoms with van der Waals surface area (Å²) in [7, 11) is 0. The van der Waals surface area contributed by atoms with Gasteiger partial charge in [0.25, 0.3) is 0 Å². The van der Waals surface area contributed by atoms with Crippen LogP contribution in [0.1, 0.15) is 18.4 Å². The predicted molar refractivity (Wildman–Crippen MR) is 78.8 cm³/mol. The van der Waals surface area contributed by atoms with Crippen LogP contribution in [0.2, 0.25) is 0 Å². The SMILES string of the molecule is O=C(CCl)[C@H](Cc1ccccc1)NC(=O)[C@@H]1CCCN1. The van der Waals surface area contributed by atoms with Crippen molar-refractivity contribution in [1.29, 1.82) is 0 Å². The second-order valence-corrected chi connectivity index (χ2v) is 5.27. The molecule has 1 fully saturated rings. The lowest BCUT2D eigenvalue weighted by Gasteiger charge is -2.19. The van der Waals surface area contributed by atoms with E-state index in [1.165, 1.54) is 0 Å². The van der Waals surface area contributed by atoms with E-state index in [0.717, 1.165) is 24.9 Å². The van der Waals surface area contributed by atoms with Crippen LogP contribution in [0.25, 0.3) is 0 Å². The molecule has 1 aliphatic heterocycles. The zero-order valence-corrected chi connectivity index (χ0v) is 12.0. The van der Waals surface area contributed by atoms with Crippen LogP contribution in [0.4, 0.5) is 0 Å². The number of carbonyl (C=O) groups is 2. The molecular weight excluding hydrogens is 276 g/mol. The average molecular weight is 295 g/mol. The topological polar surface area (TPSA) is 58.2 Å². The molecule has 0 spiro atoms. The van der Waals surface area contributed by atoms with E-state index in [1.54, 1.807) is 0 Å². The van der Waals surface area contributed by atoms with E-state index < -0.39 is 6.04 Å². The van der Waals surface area contributed by atoms with Crippen molar-refractivity contribution in [3.63, 3.8) is 0 Å². The van der Waals surface area contributed by atoms with E-state index in [2.05, 4.69) is 10.6 Å². The number of hydrogen-bond acceptors (Lipinski definition) is 3. The number of nitrogens with one attached hydrogen (secondary N) is 2. The third-order valence-electron chi connectivity index (χ3n) is 3.50. The number of hydrogen-bond donors (Lipinski definition) is 2. The summed E-state index contributed by atoms with van der Waals surface area (Å²) in [4.78, 5) is 24.0. The Labute approximate surface area is 123 Å². The number of rotatable bonds is 6. The average Bonchev–Trinajstić information content (AvgIpc) is 3.01. The van der Waals surface area contributed by atoms with E-state index in [0.29, 0.717) is 6.42 Å². The van der Waals surface area contributed by atoms with Gasteiger partial charge in [0, 0.05) is 0 Å². The highest BCUT2D eigenvalue weighted by Gasteiger charge is 2.26. The first-order valence-electron chi connectivity index (χ1n) is 6.87. The molecule has 5 heteroatoms. The van der Waals surface area contributed by atoms with Crippen LogP contribution >= 0.6 is 11.6 Å². The summed E-state index contributed by atoms with van der Waals surface area (Å²) < 4.78 is 0. The molecule has 1 aromatic carbocycles. The minimum Gasteiger partial charge on any atom is -0.345 e. The van der Waals surface area contributed by atoms with Crippen LogP contribution in [-0.4, -0.2) is 36.2 Å². The van der Waals surface area contributed by atoms with Gasteiger partial charge in [0.2, 0.25) is 5.91 Å². The maximum Gasteiger partial charge on any atom is 0.237 e. The van der Waals surface area contributed by atoms with Crippen molar-refractivity contribution in [3.8, 4) is 0 Å². The van der Waals surface area contributed by atoms with Crippen molar-refractivity contribution >= 4 is 23.3 Å². The fraction of sp³-hybridized carbons (Fsp3) is 0.467.